The van der Waals surface area contributed by atoms with Gasteiger partial charge in [0.2, 0.25) is 5.91 Å². The monoisotopic (exact) mass is 549 g/mol. The molecule has 0 unspecified atom stereocenters. The van der Waals surface area contributed by atoms with Crippen molar-refractivity contribution in [3.8, 4) is 0 Å². The van der Waals surface area contributed by atoms with Crippen molar-refractivity contribution >= 4 is 56.8 Å². The number of thioether (sulfide) groups is 1. The van der Waals surface area contributed by atoms with Crippen molar-refractivity contribution in [2.75, 3.05) is 11.1 Å². The number of carbonyl (C=O) groups excluding carboxylic acids is 2. The van der Waals surface area contributed by atoms with Gasteiger partial charge in [0.25, 0.3) is 5.91 Å². The third kappa shape index (κ3) is 6.59. The molecule has 3 aromatic rings. The maximum atomic E-state index is 12.7. The third-order valence-corrected chi connectivity index (χ3v) is 6.77. The maximum absolute atomic E-state index is 12.7. The van der Waals surface area contributed by atoms with Crippen LogP contribution >= 0.6 is 39.3 Å². The molecule has 0 aliphatic carbocycles. The molecule has 10 heteroatoms. The van der Waals surface area contributed by atoms with E-state index >= 15 is 0 Å². The van der Waals surface area contributed by atoms with Gasteiger partial charge in [-0.1, -0.05) is 53.1 Å². The molecule has 1 aromatic heterocycles. The van der Waals surface area contributed by atoms with Crippen molar-refractivity contribution in [2.45, 2.75) is 32.0 Å². The van der Waals surface area contributed by atoms with E-state index in [-0.39, 0.29) is 29.5 Å². The second-order valence-corrected chi connectivity index (χ2v) is 10.2. The molecule has 0 aliphatic rings. The maximum Gasteiger partial charge on any atom is 0.251 e. The molecular weight excluding hydrogens is 526 g/mol. The molecule has 3 rings (SSSR count). The fourth-order valence-electron chi connectivity index (χ4n) is 3.16. The van der Waals surface area contributed by atoms with E-state index in [0.717, 1.165) is 15.7 Å². The van der Waals surface area contributed by atoms with Gasteiger partial charge in [-0.25, -0.2) is 0 Å². The van der Waals surface area contributed by atoms with Crippen LogP contribution in [0.1, 0.15) is 41.6 Å². The predicted octanol–water partition coefficient (Wildman–Crippen LogP) is 5.40. The van der Waals surface area contributed by atoms with E-state index in [2.05, 4.69) is 36.8 Å². The Bertz CT molecular complexity index is 1150. The molecular formula is C23H25BrClN5O2S. The minimum atomic E-state index is -0.348. The van der Waals surface area contributed by atoms with E-state index in [1.54, 1.807) is 24.3 Å². The number of carbonyl (C=O) groups is 2. The fraction of sp³-hybridized carbons (Fsp3) is 0.304. The summed E-state index contributed by atoms with van der Waals surface area (Å²) in [4.78, 5) is 25.2. The Kier molecular flexibility index (Phi) is 8.56. The standard InChI is InChI=1S/C23H25BrClN5O2S/c1-13(2)20(27-22(32)15-5-8-17(25)9-6-15)21-28-29-23(30(21)4)33-12-19(31)26-18-10-7-16(24)11-14(18)3/h5-11,13,20H,12H2,1-4H3,(H,26,31)(H,27,32)/t20-/m0/s1. The summed E-state index contributed by atoms with van der Waals surface area (Å²) < 4.78 is 2.78. The number of halogens is 2. The highest BCUT2D eigenvalue weighted by Gasteiger charge is 2.25. The number of hydrogen-bond donors (Lipinski definition) is 2. The number of amides is 2. The lowest BCUT2D eigenvalue weighted by Crippen LogP contribution is -2.33. The summed E-state index contributed by atoms with van der Waals surface area (Å²) in [5.41, 5.74) is 2.26. The quantitative estimate of drug-likeness (QED) is 0.367. The van der Waals surface area contributed by atoms with E-state index in [0.29, 0.717) is 21.6 Å². The molecule has 0 fully saturated rings. The number of nitrogens with one attached hydrogen (secondary N) is 2. The van der Waals surface area contributed by atoms with Gasteiger partial charge in [0.05, 0.1) is 11.8 Å². The normalized spacial score (nSPS) is 12.0. The van der Waals surface area contributed by atoms with Crippen molar-refractivity contribution in [1.29, 1.82) is 0 Å². The number of hydrogen-bond acceptors (Lipinski definition) is 5. The van der Waals surface area contributed by atoms with Gasteiger partial charge in [0.1, 0.15) is 0 Å². The first-order chi connectivity index (χ1) is 15.7. The second-order valence-electron chi connectivity index (χ2n) is 7.90. The average Bonchev–Trinajstić information content (AvgIpc) is 3.12. The van der Waals surface area contributed by atoms with Crippen LogP contribution in [0.25, 0.3) is 0 Å². The van der Waals surface area contributed by atoms with E-state index in [9.17, 15) is 9.59 Å². The average molecular weight is 551 g/mol. The highest BCUT2D eigenvalue weighted by Crippen LogP contribution is 2.25. The SMILES string of the molecule is Cc1cc(Br)ccc1NC(=O)CSc1nnc([C@@H](NC(=O)c2ccc(Cl)cc2)C(C)C)n1C. The van der Waals surface area contributed by atoms with Crippen molar-refractivity contribution in [1.82, 2.24) is 20.1 Å². The Morgan fingerprint density at radius 2 is 1.85 bits per heavy atom. The van der Waals surface area contributed by atoms with Gasteiger partial charge in [-0.3, -0.25) is 9.59 Å². The molecule has 0 saturated heterocycles. The number of aryl methyl sites for hydroxylation is 1. The molecule has 2 N–H and O–H groups in total. The van der Waals surface area contributed by atoms with E-state index in [4.69, 9.17) is 11.6 Å². The zero-order valence-electron chi connectivity index (χ0n) is 18.7. The summed E-state index contributed by atoms with van der Waals surface area (Å²) in [7, 11) is 1.83. The number of anilines is 1. The van der Waals surface area contributed by atoms with Crippen LogP contribution < -0.4 is 10.6 Å². The molecule has 0 bridgehead atoms. The number of rotatable bonds is 8. The first-order valence-electron chi connectivity index (χ1n) is 10.3. The van der Waals surface area contributed by atoms with Crippen molar-refractivity contribution in [3.05, 3.63) is 68.9 Å². The molecule has 174 valence electrons. The Hall–Kier alpha value is -2.36. The van der Waals surface area contributed by atoms with Crippen molar-refractivity contribution in [2.24, 2.45) is 13.0 Å². The molecule has 33 heavy (non-hydrogen) atoms. The zero-order valence-corrected chi connectivity index (χ0v) is 21.9. The second kappa shape index (κ2) is 11.2. The van der Waals surface area contributed by atoms with Crippen molar-refractivity contribution in [3.63, 3.8) is 0 Å². The van der Waals surface area contributed by atoms with Crippen LogP contribution in [0.4, 0.5) is 5.69 Å². The van der Waals surface area contributed by atoms with E-state index in [1.165, 1.54) is 11.8 Å². The molecule has 7 nitrogen and oxygen atoms in total. The van der Waals surface area contributed by atoms with Crippen LogP contribution in [0.15, 0.2) is 52.1 Å². The summed E-state index contributed by atoms with van der Waals surface area (Å²) >= 11 is 10.6. The van der Waals surface area contributed by atoms with Crippen LogP contribution in [0.2, 0.25) is 5.02 Å². The number of aromatic nitrogens is 3. The minimum Gasteiger partial charge on any atom is -0.342 e. The first-order valence-corrected chi connectivity index (χ1v) is 12.5. The fourth-order valence-corrected chi connectivity index (χ4v) is 4.48. The summed E-state index contributed by atoms with van der Waals surface area (Å²) in [6.45, 7) is 5.94. The Morgan fingerprint density at radius 1 is 1.15 bits per heavy atom. The Labute approximate surface area is 210 Å². The largest absolute Gasteiger partial charge is 0.342 e. The van der Waals surface area contributed by atoms with Gasteiger partial charge in [-0.2, -0.15) is 0 Å². The lowest BCUT2D eigenvalue weighted by Gasteiger charge is -2.21. The smallest absolute Gasteiger partial charge is 0.251 e. The van der Waals surface area contributed by atoms with Crippen LogP contribution in [0.3, 0.4) is 0 Å². The zero-order chi connectivity index (χ0) is 24.1. The predicted molar refractivity (Wildman–Crippen MR) is 136 cm³/mol. The van der Waals surface area contributed by atoms with Gasteiger partial charge < -0.3 is 15.2 Å². The molecule has 2 amide bonds. The van der Waals surface area contributed by atoms with Crippen LogP contribution in [0.5, 0.6) is 0 Å². The summed E-state index contributed by atoms with van der Waals surface area (Å²) in [6.07, 6.45) is 0. The lowest BCUT2D eigenvalue weighted by molar-refractivity contribution is -0.113. The van der Waals surface area contributed by atoms with Crippen LogP contribution in [-0.4, -0.2) is 32.3 Å². The highest BCUT2D eigenvalue weighted by atomic mass is 79.9. The van der Waals surface area contributed by atoms with Gasteiger partial charge >= 0.3 is 0 Å². The Morgan fingerprint density at radius 3 is 2.48 bits per heavy atom. The summed E-state index contributed by atoms with van der Waals surface area (Å²) in [5, 5.41) is 15.7. The molecule has 0 aliphatic heterocycles. The summed E-state index contributed by atoms with van der Waals surface area (Å²) in [6, 6.07) is 12.1. The van der Waals surface area contributed by atoms with Gasteiger partial charge in [-0.05, 0) is 60.9 Å². The molecule has 0 spiro atoms. The molecule has 0 radical (unpaired) electrons. The topological polar surface area (TPSA) is 88.9 Å². The van der Waals surface area contributed by atoms with E-state index < -0.39 is 0 Å². The first kappa shape index (κ1) is 25.3. The molecule has 1 atom stereocenters. The molecule has 1 heterocycles. The van der Waals surface area contributed by atoms with Gasteiger partial charge in [0.15, 0.2) is 11.0 Å². The number of benzene rings is 2. The molecule has 2 aromatic carbocycles. The van der Waals surface area contributed by atoms with Gasteiger partial charge in [-0.15, -0.1) is 10.2 Å². The van der Waals surface area contributed by atoms with E-state index in [1.807, 2.05) is 50.6 Å². The van der Waals surface area contributed by atoms with Crippen LogP contribution in [-0.2, 0) is 11.8 Å². The van der Waals surface area contributed by atoms with Crippen LogP contribution in [0, 0.1) is 12.8 Å². The van der Waals surface area contributed by atoms with Crippen molar-refractivity contribution < 1.29 is 9.59 Å². The molecule has 0 saturated carbocycles. The highest BCUT2D eigenvalue weighted by molar-refractivity contribution is 9.10. The Balaban J connectivity index is 1.66. The van der Waals surface area contributed by atoms with Gasteiger partial charge in [0, 0.05) is 27.8 Å². The third-order valence-electron chi connectivity index (χ3n) is 5.00. The lowest BCUT2D eigenvalue weighted by atomic mass is 10.0. The summed E-state index contributed by atoms with van der Waals surface area (Å²) in [5.74, 6) is 0.535. The number of nitrogens with zero attached hydrogens (tertiary/aromatic N) is 3. The minimum absolute atomic E-state index is 0.0747.